The van der Waals surface area contributed by atoms with E-state index in [1.165, 1.54) is 6.07 Å². The number of hydrogen-bond donors (Lipinski definition) is 0. The first-order chi connectivity index (χ1) is 7.59. The largest absolute Gasteiger partial charge is 0.294 e. The van der Waals surface area contributed by atoms with E-state index in [-0.39, 0.29) is 15.8 Å². The molecular formula is C12H11BrF2O. The minimum atomic E-state index is -0.987. The molecule has 1 aromatic carbocycles. The number of rotatable bonds is 3. The number of benzene rings is 1. The van der Waals surface area contributed by atoms with Crippen molar-refractivity contribution in [3.63, 3.8) is 0 Å². The van der Waals surface area contributed by atoms with Crippen molar-refractivity contribution in [2.45, 2.75) is 25.7 Å². The van der Waals surface area contributed by atoms with Gasteiger partial charge < -0.3 is 0 Å². The number of ketones is 1. The molecule has 0 amide bonds. The minimum Gasteiger partial charge on any atom is -0.294 e. The molecule has 0 N–H and O–H groups in total. The molecule has 0 aromatic heterocycles. The Kier molecular flexibility index (Phi) is 3.38. The zero-order chi connectivity index (χ0) is 11.7. The molecule has 1 saturated carbocycles. The van der Waals surface area contributed by atoms with E-state index in [1.807, 2.05) is 0 Å². The first kappa shape index (κ1) is 11.7. The van der Waals surface area contributed by atoms with Crippen LogP contribution in [0.5, 0.6) is 0 Å². The van der Waals surface area contributed by atoms with Crippen molar-refractivity contribution in [1.29, 1.82) is 0 Å². The summed E-state index contributed by atoms with van der Waals surface area (Å²) in [6, 6.07) is 2.33. The molecule has 0 bridgehead atoms. The van der Waals surface area contributed by atoms with E-state index in [1.54, 1.807) is 0 Å². The monoisotopic (exact) mass is 288 g/mol. The van der Waals surface area contributed by atoms with E-state index in [0.717, 1.165) is 25.3 Å². The number of halogens is 3. The summed E-state index contributed by atoms with van der Waals surface area (Å²) in [5, 5.41) is 0. The van der Waals surface area contributed by atoms with Crippen LogP contribution in [0.25, 0.3) is 0 Å². The van der Waals surface area contributed by atoms with Crippen molar-refractivity contribution in [3.05, 3.63) is 33.8 Å². The number of carbonyl (C=O) groups excluding carboxylic acids is 1. The van der Waals surface area contributed by atoms with E-state index in [4.69, 9.17) is 0 Å². The quantitative estimate of drug-likeness (QED) is 0.605. The highest BCUT2D eigenvalue weighted by Gasteiger charge is 2.23. The first-order valence-corrected chi connectivity index (χ1v) is 6.05. The molecule has 1 aliphatic carbocycles. The molecule has 1 aliphatic rings. The van der Waals surface area contributed by atoms with E-state index in [2.05, 4.69) is 15.9 Å². The van der Waals surface area contributed by atoms with Gasteiger partial charge in [0.15, 0.2) is 17.4 Å². The fraction of sp³-hybridized carbons (Fsp3) is 0.417. The van der Waals surface area contributed by atoms with Crippen LogP contribution < -0.4 is 0 Å². The normalized spacial score (nSPS) is 15.9. The number of carbonyl (C=O) groups is 1. The van der Waals surface area contributed by atoms with Gasteiger partial charge in [-0.15, -0.1) is 0 Å². The standard InChI is InChI=1S/C12H11BrF2O/c13-11-8(4-5-9(14)12(11)15)10(16)6-7-2-1-3-7/h4-5,7H,1-3,6H2. The maximum Gasteiger partial charge on any atom is 0.173 e. The second-order valence-electron chi connectivity index (χ2n) is 4.15. The lowest BCUT2D eigenvalue weighted by Gasteiger charge is -2.24. The summed E-state index contributed by atoms with van der Waals surface area (Å²) < 4.78 is 26.0. The molecule has 1 aromatic rings. The Morgan fingerprint density at radius 3 is 2.62 bits per heavy atom. The lowest BCUT2D eigenvalue weighted by molar-refractivity contribution is 0.0935. The van der Waals surface area contributed by atoms with E-state index in [9.17, 15) is 13.6 Å². The summed E-state index contributed by atoms with van der Waals surface area (Å²) in [6.45, 7) is 0. The molecule has 1 fully saturated rings. The molecular weight excluding hydrogens is 278 g/mol. The van der Waals surface area contributed by atoms with E-state index in [0.29, 0.717) is 12.3 Å². The van der Waals surface area contributed by atoms with Crippen molar-refractivity contribution in [2.24, 2.45) is 5.92 Å². The molecule has 4 heteroatoms. The minimum absolute atomic E-state index is 0.0585. The van der Waals surface area contributed by atoms with Crippen molar-refractivity contribution < 1.29 is 13.6 Å². The zero-order valence-corrected chi connectivity index (χ0v) is 10.2. The Labute approximate surface area is 101 Å². The van der Waals surface area contributed by atoms with Gasteiger partial charge in [-0.05, 0) is 34.0 Å². The summed E-state index contributed by atoms with van der Waals surface area (Å²) in [5.74, 6) is -1.62. The lowest BCUT2D eigenvalue weighted by Crippen LogP contribution is -2.16. The van der Waals surface area contributed by atoms with Gasteiger partial charge >= 0.3 is 0 Å². The fourth-order valence-corrected chi connectivity index (χ4v) is 2.35. The summed E-state index contributed by atoms with van der Waals surface area (Å²) in [6.07, 6.45) is 3.72. The Hall–Kier alpha value is -0.770. The van der Waals surface area contributed by atoms with Gasteiger partial charge in [0.2, 0.25) is 0 Å². The van der Waals surface area contributed by atoms with Gasteiger partial charge in [-0.1, -0.05) is 19.3 Å². The molecule has 0 heterocycles. The topological polar surface area (TPSA) is 17.1 Å². The predicted molar refractivity (Wildman–Crippen MR) is 60.3 cm³/mol. The molecule has 0 unspecified atom stereocenters. The van der Waals surface area contributed by atoms with Crippen molar-refractivity contribution in [3.8, 4) is 0 Å². The highest BCUT2D eigenvalue weighted by Crippen LogP contribution is 2.32. The summed E-state index contributed by atoms with van der Waals surface area (Å²) in [5.41, 5.74) is 0.241. The lowest BCUT2D eigenvalue weighted by atomic mass is 9.81. The fourth-order valence-electron chi connectivity index (χ4n) is 1.81. The van der Waals surface area contributed by atoms with Crippen LogP contribution in [0, 0.1) is 17.6 Å². The van der Waals surface area contributed by atoms with Crippen LogP contribution in [0.15, 0.2) is 16.6 Å². The molecule has 16 heavy (non-hydrogen) atoms. The highest BCUT2D eigenvalue weighted by atomic mass is 79.9. The Bertz CT molecular complexity index is 427. The maximum absolute atomic E-state index is 13.2. The molecule has 0 aliphatic heterocycles. The van der Waals surface area contributed by atoms with Crippen LogP contribution in [0.3, 0.4) is 0 Å². The molecule has 2 rings (SSSR count). The second kappa shape index (κ2) is 4.62. The van der Waals surface area contributed by atoms with Gasteiger partial charge in [-0.3, -0.25) is 4.79 Å². The van der Waals surface area contributed by atoms with Crippen LogP contribution in [0.1, 0.15) is 36.0 Å². The van der Waals surface area contributed by atoms with Crippen molar-refractivity contribution >= 4 is 21.7 Å². The first-order valence-electron chi connectivity index (χ1n) is 5.26. The van der Waals surface area contributed by atoms with Crippen LogP contribution in [0.2, 0.25) is 0 Å². The molecule has 0 spiro atoms. The van der Waals surface area contributed by atoms with Crippen molar-refractivity contribution in [1.82, 2.24) is 0 Å². The molecule has 86 valence electrons. The predicted octanol–water partition coefficient (Wildman–Crippen LogP) is 4.10. The molecule has 0 atom stereocenters. The SMILES string of the molecule is O=C(CC1CCC1)c1ccc(F)c(F)c1Br. The van der Waals surface area contributed by atoms with Gasteiger partial charge in [-0.25, -0.2) is 8.78 Å². The third kappa shape index (κ3) is 2.17. The molecule has 1 nitrogen and oxygen atoms in total. The van der Waals surface area contributed by atoms with Gasteiger partial charge in [0.05, 0.1) is 4.47 Å². The van der Waals surface area contributed by atoms with Gasteiger partial charge in [-0.2, -0.15) is 0 Å². The van der Waals surface area contributed by atoms with Crippen LogP contribution in [-0.2, 0) is 0 Å². The molecule has 0 radical (unpaired) electrons. The number of Topliss-reactive ketones (excluding diaryl/α,β-unsaturated/α-hetero) is 1. The third-order valence-electron chi connectivity index (χ3n) is 3.03. The van der Waals surface area contributed by atoms with Gasteiger partial charge in [0.1, 0.15) is 0 Å². The van der Waals surface area contributed by atoms with E-state index < -0.39 is 11.6 Å². The smallest absolute Gasteiger partial charge is 0.173 e. The Morgan fingerprint density at radius 2 is 2.06 bits per heavy atom. The number of hydrogen-bond acceptors (Lipinski definition) is 1. The van der Waals surface area contributed by atoms with Crippen molar-refractivity contribution in [2.75, 3.05) is 0 Å². The Balaban J connectivity index is 2.19. The van der Waals surface area contributed by atoms with Gasteiger partial charge in [0.25, 0.3) is 0 Å². The second-order valence-corrected chi connectivity index (χ2v) is 4.94. The summed E-state index contributed by atoms with van der Waals surface area (Å²) in [4.78, 5) is 11.8. The highest BCUT2D eigenvalue weighted by molar-refractivity contribution is 9.10. The van der Waals surface area contributed by atoms with Crippen LogP contribution in [0.4, 0.5) is 8.78 Å². The molecule has 0 saturated heterocycles. The third-order valence-corrected chi connectivity index (χ3v) is 3.81. The van der Waals surface area contributed by atoms with Crippen LogP contribution >= 0.6 is 15.9 Å². The average Bonchev–Trinajstić information content (AvgIpc) is 2.20. The maximum atomic E-state index is 13.2. The summed E-state index contributed by atoms with van der Waals surface area (Å²) >= 11 is 2.93. The van der Waals surface area contributed by atoms with E-state index >= 15 is 0 Å². The zero-order valence-electron chi connectivity index (χ0n) is 8.60. The van der Waals surface area contributed by atoms with Crippen LogP contribution in [-0.4, -0.2) is 5.78 Å². The summed E-state index contributed by atoms with van der Waals surface area (Å²) in [7, 11) is 0. The Morgan fingerprint density at radius 1 is 1.38 bits per heavy atom. The van der Waals surface area contributed by atoms with Gasteiger partial charge in [0, 0.05) is 12.0 Å². The average molecular weight is 289 g/mol.